The van der Waals surface area contributed by atoms with E-state index in [9.17, 15) is 13.9 Å². The minimum absolute atomic E-state index is 0.136. The predicted octanol–water partition coefficient (Wildman–Crippen LogP) is 4.40. The van der Waals surface area contributed by atoms with E-state index >= 15 is 0 Å². The molecule has 27 heavy (non-hydrogen) atoms. The van der Waals surface area contributed by atoms with E-state index in [2.05, 4.69) is 10.3 Å². The molecular weight excluding hydrogens is 350 g/mol. The third-order valence-corrected chi connectivity index (χ3v) is 4.63. The monoisotopic (exact) mass is 368 g/mol. The van der Waals surface area contributed by atoms with E-state index in [0.717, 1.165) is 22.3 Å². The van der Waals surface area contributed by atoms with Gasteiger partial charge in [0, 0.05) is 29.1 Å². The van der Waals surface area contributed by atoms with Crippen LogP contribution in [0.15, 0.2) is 48.7 Å². The highest BCUT2D eigenvalue weighted by Gasteiger charge is 2.15. The summed E-state index contributed by atoms with van der Waals surface area (Å²) in [6.07, 6.45) is 2.16. The van der Waals surface area contributed by atoms with E-state index in [0.29, 0.717) is 24.0 Å². The van der Waals surface area contributed by atoms with Gasteiger partial charge in [-0.3, -0.25) is 4.39 Å². The molecule has 5 nitrogen and oxygen atoms in total. The number of benzene rings is 2. The summed E-state index contributed by atoms with van der Waals surface area (Å²) in [5, 5.41) is 20.3. The lowest BCUT2D eigenvalue weighted by atomic mass is 10.1. The fraction of sp³-hybridized carbons (Fsp3) is 0.200. The minimum atomic E-state index is -0.426. The Hall–Kier alpha value is -3.22. The first-order chi connectivity index (χ1) is 13.1. The Balaban J connectivity index is 1.73. The third kappa shape index (κ3) is 3.05. The lowest BCUT2D eigenvalue weighted by molar-refractivity contribution is 0.397. The van der Waals surface area contributed by atoms with E-state index in [-0.39, 0.29) is 11.7 Å². The molecule has 138 valence electrons. The predicted molar refractivity (Wildman–Crippen MR) is 99.2 cm³/mol. The van der Waals surface area contributed by atoms with Crippen LogP contribution in [0.1, 0.15) is 12.1 Å². The number of rotatable bonds is 5. The smallest absolute Gasteiger partial charge is 0.199 e. The summed E-state index contributed by atoms with van der Waals surface area (Å²) in [4.78, 5) is 0. The number of hydrogen-bond donors (Lipinski definition) is 1. The maximum absolute atomic E-state index is 13.1. The molecule has 0 aliphatic heterocycles. The van der Waals surface area contributed by atoms with Crippen LogP contribution in [0.25, 0.3) is 27.7 Å². The van der Waals surface area contributed by atoms with Crippen molar-refractivity contribution in [3.8, 4) is 22.8 Å². The van der Waals surface area contributed by atoms with Gasteiger partial charge in [0.2, 0.25) is 0 Å². The zero-order valence-electron chi connectivity index (χ0n) is 14.7. The largest absolute Gasteiger partial charge is 0.494 e. The first-order valence-electron chi connectivity index (χ1n) is 8.65. The molecule has 2 aromatic carbocycles. The summed E-state index contributed by atoms with van der Waals surface area (Å²) in [7, 11) is 0. The SMILES string of the molecule is Cc1c(-c2ccc3c(O)n(CCCF)cc3c2)nnn1-c1ccc(F)cc1. The van der Waals surface area contributed by atoms with Crippen molar-refractivity contribution in [3.63, 3.8) is 0 Å². The van der Waals surface area contributed by atoms with E-state index in [1.165, 1.54) is 12.1 Å². The Kier molecular flexibility index (Phi) is 4.35. The van der Waals surface area contributed by atoms with Crippen LogP contribution in [-0.2, 0) is 6.54 Å². The molecule has 4 aromatic rings. The summed E-state index contributed by atoms with van der Waals surface area (Å²) >= 11 is 0. The van der Waals surface area contributed by atoms with Crippen LogP contribution in [0.4, 0.5) is 8.78 Å². The average molecular weight is 368 g/mol. The fourth-order valence-corrected chi connectivity index (χ4v) is 3.23. The maximum atomic E-state index is 13.1. The molecule has 0 radical (unpaired) electrons. The number of halogens is 2. The number of aromatic nitrogens is 4. The second kappa shape index (κ2) is 6.83. The molecule has 2 aromatic heterocycles. The zero-order valence-corrected chi connectivity index (χ0v) is 14.7. The van der Waals surface area contributed by atoms with E-state index in [1.807, 2.05) is 31.3 Å². The third-order valence-electron chi connectivity index (χ3n) is 4.63. The van der Waals surface area contributed by atoms with Gasteiger partial charge >= 0.3 is 0 Å². The first-order valence-corrected chi connectivity index (χ1v) is 8.65. The van der Waals surface area contributed by atoms with Crippen molar-refractivity contribution in [2.45, 2.75) is 19.9 Å². The van der Waals surface area contributed by atoms with Gasteiger partial charge < -0.3 is 9.67 Å². The Morgan fingerprint density at radius 2 is 1.89 bits per heavy atom. The highest BCUT2D eigenvalue weighted by molar-refractivity contribution is 5.91. The summed E-state index contributed by atoms with van der Waals surface area (Å²) in [5.41, 5.74) is 3.11. The van der Waals surface area contributed by atoms with E-state index in [4.69, 9.17) is 0 Å². The van der Waals surface area contributed by atoms with Crippen LogP contribution in [0.2, 0.25) is 0 Å². The van der Waals surface area contributed by atoms with Crippen molar-refractivity contribution in [2.24, 2.45) is 0 Å². The normalized spacial score (nSPS) is 11.4. The molecule has 0 fully saturated rings. The van der Waals surface area contributed by atoms with Gasteiger partial charge in [-0.2, -0.15) is 0 Å². The summed E-state index contributed by atoms with van der Waals surface area (Å²) < 4.78 is 28.9. The molecule has 1 N–H and O–H groups in total. The summed E-state index contributed by atoms with van der Waals surface area (Å²) in [5.74, 6) is -0.170. The average Bonchev–Trinajstić information content (AvgIpc) is 3.20. The van der Waals surface area contributed by atoms with Crippen molar-refractivity contribution in [1.82, 2.24) is 19.6 Å². The van der Waals surface area contributed by atoms with Crippen molar-refractivity contribution in [2.75, 3.05) is 6.67 Å². The van der Waals surface area contributed by atoms with Gasteiger partial charge in [-0.15, -0.1) is 5.10 Å². The van der Waals surface area contributed by atoms with Gasteiger partial charge in [0.05, 0.1) is 18.1 Å². The number of aromatic hydroxyl groups is 1. The molecule has 4 rings (SSSR count). The summed E-state index contributed by atoms with van der Waals surface area (Å²) in [6, 6.07) is 11.7. The molecule has 0 unspecified atom stereocenters. The van der Waals surface area contributed by atoms with Gasteiger partial charge in [0.25, 0.3) is 0 Å². The van der Waals surface area contributed by atoms with Crippen LogP contribution in [0.3, 0.4) is 0 Å². The van der Waals surface area contributed by atoms with Crippen molar-refractivity contribution >= 4 is 10.8 Å². The highest BCUT2D eigenvalue weighted by Crippen LogP contribution is 2.32. The molecule has 0 saturated carbocycles. The molecule has 0 bridgehead atoms. The van der Waals surface area contributed by atoms with Crippen LogP contribution in [-0.4, -0.2) is 31.3 Å². The fourth-order valence-electron chi connectivity index (χ4n) is 3.23. The number of aryl methyl sites for hydroxylation is 1. The minimum Gasteiger partial charge on any atom is -0.494 e. The molecule has 0 aliphatic rings. The highest BCUT2D eigenvalue weighted by atomic mass is 19.1. The van der Waals surface area contributed by atoms with E-state index in [1.54, 1.807) is 21.4 Å². The lowest BCUT2D eigenvalue weighted by Gasteiger charge is -2.04. The number of nitrogens with zero attached hydrogens (tertiary/aromatic N) is 4. The van der Waals surface area contributed by atoms with Crippen molar-refractivity contribution in [3.05, 3.63) is 60.2 Å². The second-order valence-electron chi connectivity index (χ2n) is 6.40. The van der Waals surface area contributed by atoms with Crippen molar-refractivity contribution < 1.29 is 13.9 Å². The van der Waals surface area contributed by atoms with Crippen LogP contribution >= 0.6 is 0 Å². The van der Waals surface area contributed by atoms with Gasteiger partial charge in [-0.1, -0.05) is 11.3 Å². The molecule has 2 heterocycles. The first kappa shape index (κ1) is 17.2. The molecule has 7 heteroatoms. The number of fused-ring (bicyclic) bond motifs is 1. The van der Waals surface area contributed by atoms with Gasteiger partial charge in [0.1, 0.15) is 11.5 Å². The molecular formula is C20H18F2N4O. The van der Waals surface area contributed by atoms with Crippen LogP contribution in [0, 0.1) is 12.7 Å². The van der Waals surface area contributed by atoms with Gasteiger partial charge in [-0.25, -0.2) is 9.07 Å². The molecule has 0 aliphatic carbocycles. The molecule has 0 spiro atoms. The number of hydrogen-bond acceptors (Lipinski definition) is 3. The van der Waals surface area contributed by atoms with Gasteiger partial charge in [0.15, 0.2) is 5.88 Å². The molecule has 0 saturated heterocycles. The second-order valence-corrected chi connectivity index (χ2v) is 6.40. The number of alkyl halides is 1. The zero-order chi connectivity index (χ0) is 19.0. The standard InChI is InChI=1S/C20H18F2N4O/c1-13-19(23-24-26(13)17-6-4-16(22)5-7-17)14-3-8-18-15(11-14)12-25(20(18)27)10-2-9-21/h3-8,11-12,27H,2,9-10H2,1H3. The van der Waals surface area contributed by atoms with Crippen LogP contribution in [0.5, 0.6) is 5.88 Å². The Bertz CT molecular complexity index is 1100. The molecule has 0 atom stereocenters. The molecule has 0 amide bonds. The summed E-state index contributed by atoms with van der Waals surface area (Å²) in [6.45, 7) is 1.89. The lowest BCUT2D eigenvalue weighted by Crippen LogP contribution is -1.99. The quantitative estimate of drug-likeness (QED) is 0.568. The van der Waals surface area contributed by atoms with Crippen molar-refractivity contribution in [1.29, 1.82) is 0 Å². The Morgan fingerprint density at radius 1 is 1.11 bits per heavy atom. The van der Waals surface area contributed by atoms with E-state index < -0.39 is 6.67 Å². The van der Waals surface area contributed by atoms with Crippen LogP contribution < -0.4 is 0 Å². The topological polar surface area (TPSA) is 55.9 Å². The Morgan fingerprint density at radius 3 is 2.63 bits per heavy atom. The van der Waals surface area contributed by atoms with Gasteiger partial charge in [-0.05, 0) is 49.7 Å². The maximum Gasteiger partial charge on any atom is 0.199 e. The Labute approximate surface area is 154 Å².